The van der Waals surface area contributed by atoms with E-state index in [1.807, 2.05) is 66.7 Å². The van der Waals surface area contributed by atoms with Crippen LogP contribution in [-0.4, -0.2) is 23.7 Å². The van der Waals surface area contributed by atoms with E-state index in [1.165, 1.54) is 12.1 Å². The first-order valence-corrected chi connectivity index (χ1v) is 11.2. The van der Waals surface area contributed by atoms with Crippen molar-refractivity contribution in [3.63, 3.8) is 0 Å². The molecule has 0 unspecified atom stereocenters. The number of nitrogens with zero attached hydrogens (tertiary/aromatic N) is 2. The maximum atomic E-state index is 13.6. The largest absolute Gasteiger partial charge is 0.367 e. The molecule has 0 N–H and O–H groups in total. The van der Waals surface area contributed by atoms with Crippen molar-refractivity contribution < 1.29 is 9.53 Å². The van der Waals surface area contributed by atoms with Crippen molar-refractivity contribution in [3.8, 4) is 0 Å². The highest BCUT2D eigenvalue weighted by Gasteiger charge is 2.38. The molecule has 0 fully saturated rings. The van der Waals surface area contributed by atoms with Crippen molar-refractivity contribution in [2.45, 2.75) is 18.6 Å². The van der Waals surface area contributed by atoms with Gasteiger partial charge in [-0.25, -0.2) is 5.01 Å². The molecule has 3 aromatic carbocycles. The van der Waals surface area contributed by atoms with E-state index in [2.05, 4.69) is 15.9 Å². The van der Waals surface area contributed by atoms with Crippen molar-refractivity contribution in [1.82, 2.24) is 5.01 Å². The van der Waals surface area contributed by atoms with Crippen LogP contribution in [0, 0.1) is 0 Å². The summed E-state index contributed by atoms with van der Waals surface area (Å²) < 4.78 is 6.52. The summed E-state index contributed by atoms with van der Waals surface area (Å²) in [4.78, 5) is 13.6. The molecule has 0 saturated carbocycles. The van der Waals surface area contributed by atoms with Crippen LogP contribution in [-0.2, 0) is 9.53 Å². The normalized spacial score (nSPS) is 16.8. The second-order valence-electron chi connectivity index (χ2n) is 7.13. The molecule has 1 amide bonds. The molecule has 7 heteroatoms. The number of carbonyl (C=O) groups excluding carboxylic acids is 1. The molecule has 158 valence electrons. The third-order valence-electron chi connectivity index (χ3n) is 5.20. The van der Waals surface area contributed by atoms with Gasteiger partial charge in [0.25, 0.3) is 5.91 Å². The highest BCUT2D eigenvalue weighted by atomic mass is 79.9. The Morgan fingerprint density at radius 3 is 2.55 bits per heavy atom. The molecule has 0 bridgehead atoms. The molecule has 0 aliphatic carbocycles. The van der Waals surface area contributed by atoms with Gasteiger partial charge in [-0.3, -0.25) is 4.79 Å². The Hall–Kier alpha value is -2.18. The van der Waals surface area contributed by atoms with Crippen LogP contribution in [0.4, 0.5) is 0 Å². The second-order valence-corrected chi connectivity index (χ2v) is 8.83. The SMILES string of the molecule is CO[C@@H](C(=O)N1N=C(c2cccc(Br)c2)C[C@H]1c1cccc(Cl)c1Cl)c1ccccc1. The van der Waals surface area contributed by atoms with Crippen molar-refractivity contribution in [2.24, 2.45) is 5.10 Å². The van der Waals surface area contributed by atoms with Gasteiger partial charge < -0.3 is 4.74 Å². The van der Waals surface area contributed by atoms with Crippen LogP contribution in [0.1, 0.15) is 35.3 Å². The number of hydrogen-bond donors (Lipinski definition) is 0. The molecule has 31 heavy (non-hydrogen) atoms. The molecule has 1 aliphatic heterocycles. The predicted octanol–water partition coefficient (Wildman–Crippen LogP) is 6.82. The first-order valence-electron chi connectivity index (χ1n) is 9.67. The summed E-state index contributed by atoms with van der Waals surface area (Å²) >= 11 is 16.3. The minimum atomic E-state index is -0.785. The molecule has 0 radical (unpaired) electrons. The van der Waals surface area contributed by atoms with Crippen molar-refractivity contribution in [2.75, 3.05) is 7.11 Å². The molecule has 1 aliphatic rings. The monoisotopic (exact) mass is 516 g/mol. The maximum absolute atomic E-state index is 13.6. The summed E-state index contributed by atoms with van der Waals surface area (Å²) in [5, 5.41) is 7.06. The van der Waals surface area contributed by atoms with Crippen LogP contribution in [0.2, 0.25) is 10.0 Å². The van der Waals surface area contributed by atoms with Crippen molar-refractivity contribution in [1.29, 1.82) is 0 Å². The van der Waals surface area contributed by atoms with E-state index in [-0.39, 0.29) is 5.91 Å². The fourth-order valence-corrected chi connectivity index (χ4v) is 4.54. The molecular formula is C24H19BrCl2N2O2. The summed E-state index contributed by atoms with van der Waals surface area (Å²) in [6, 6.07) is 22.3. The van der Waals surface area contributed by atoms with Gasteiger partial charge in [0.2, 0.25) is 0 Å². The maximum Gasteiger partial charge on any atom is 0.276 e. The van der Waals surface area contributed by atoms with Gasteiger partial charge in [0.15, 0.2) is 6.10 Å². The lowest BCUT2D eigenvalue weighted by Gasteiger charge is -2.26. The fraction of sp³-hybridized carbons (Fsp3) is 0.167. The van der Waals surface area contributed by atoms with Gasteiger partial charge in [-0.1, -0.05) is 93.7 Å². The number of ether oxygens (including phenoxy) is 1. The zero-order valence-corrected chi connectivity index (χ0v) is 19.7. The van der Waals surface area contributed by atoms with Crippen LogP contribution >= 0.6 is 39.1 Å². The summed E-state index contributed by atoms with van der Waals surface area (Å²) in [6.45, 7) is 0. The Morgan fingerprint density at radius 2 is 1.84 bits per heavy atom. The molecule has 0 aromatic heterocycles. The Morgan fingerprint density at radius 1 is 1.10 bits per heavy atom. The topological polar surface area (TPSA) is 41.9 Å². The highest BCUT2D eigenvalue weighted by Crippen LogP contribution is 2.40. The van der Waals surface area contributed by atoms with Gasteiger partial charge in [-0.05, 0) is 34.9 Å². The van der Waals surface area contributed by atoms with E-state index < -0.39 is 12.1 Å². The van der Waals surface area contributed by atoms with Gasteiger partial charge in [0.1, 0.15) is 0 Å². The average molecular weight is 518 g/mol. The number of amides is 1. The third kappa shape index (κ3) is 4.55. The molecule has 2 atom stereocenters. The molecule has 4 rings (SSSR count). The molecule has 3 aromatic rings. The van der Waals surface area contributed by atoms with Crippen molar-refractivity contribution >= 4 is 50.8 Å². The van der Waals surface area contributed by atoms with Gasteiger partial charge >= 0.3 is 0 Å². The van der Waals surface area contributed by atoms with Crippen LogP contribution in [0.15, 0.2) is 82.4 Å². The number of hydrogen-bond acceptors (Lipinski definition) is 3. The summed E-state index contributed by atoms with van der Waals surface area (Å²) in [5.74, 6) is -0.264. The number of halogens is 3. The highest BCUT2D eigenvalue weighted by molar-refractivity contribution is 9.10. The standard InChI is InChI=1S/C24H19BrCl2N2O2/c1-31-23(15-7-3-2-4-8-15)24(30)29-21(18-11-6-12-19(26)22(18)27)14-20(28-29)16-9-5-10-17(25)13-16/h2-13,21,23H,14H2,1H3/t21-,23+/m0/s1. The lowest BCUT2D eigenvalue weighted by Crippen LogP contribution is -2.32. The fourth-order valence-electron chi connectivity index (χ4n) is 3.70. The number of hydrazone groups is 1. The van der Waals surface area contributed by atoms with E-state index >= 15 is 0 Å². The van der Waals surface area contributed by atoms with E-state index in [9.17, 15) is 4.79 Å². The molecule has 0 spiro atoms. The second kappa shape index (κ2) is 9.53. The number of carbonyl (C=O) groups is 1. The molecule has 4 nitrogen and oxygen atoms in total. The third-order valence-corrected chi connectivity index (χ3v) is 6.52. The van der Waals surface area contributed by atoms with Crippen LogP contribution in [0.25, 0.3) is 0 Å². The first-order chi connectivity index (χ1) is 15.0. The molecule has 1 heterocycles. The number of benzene rings is 3. The lowest BCUT2D eigenvalue weighted by atomic mass is 9.97. The Bertz CT molecular complexity index is 1140. The summed E-state index contributed by atoms with van der Waals surface area (Å²) in [7, 11) is 1.52. The molecule has 0 saturated heterocycles. The van der Waals surface area contributed by atoms with Gasteiger partial charge in [-0.2, -0.15) is 5.10 Å². The first kappa shape index (κ1) is 22.0. The summed E-state index contributed by atoms with van der Waals surface area (Å²) in [5.41, 5.74) is 3.23. The minimum absolute atomic E-state index is 0.264. The van der Waals surface area contributed by atoms with Crippen molar-refractivity contribution in [3.05, 3.63) is 104 Å². The Labute approximate surface area is 199 Å². The van der Waals surface area contributed by atoms with E-state index in [1.54, 1.807) is 6.07 Å². The predicted molar refractivity (Wildman–Crippen MR) is 128 cm³/mol. The van der Waals surface area contributed by atoms with Gasteiger partial charge in [0, 0.05) is 18.0 Å². The van der Waals surface area contributed by atoms with E-state index in [4.69, 9.17) is 33.0 Å². The Kier molecular flexibility index (Phi) is 6.77. The lowest BCUT2D eigenvalue weighted by molar-refractivity contribution is -0.144. The zero-order valence-electron chi connectivity index (χ0n) is 16.6. The van der Waals surface area contributed by atoms with E-state index in [0.717, 1.165) is 26.9 Å². The van der Waals surface area contributed by atoms with Crippen LogP contribution in [0.3, 0.4) is 0 Å². The van der Waals surface area contributed by atoms with Crippen LogP contribution < -0.4 is 0 Å². The van der Waals surface area contributed by atoms with Gasteiger partial charge in [0.05, 0.1) is 21.8 Å². The van der Waals surface area contributed by atoms with E-state index in [0.29, 0.717) is 16.5 Å². The smallest absolute Gasteiger partial charge is 0.276 e. The van der Waals surface area contributed by atoms with Crippen LogP contribution in [0.5, 0.6) is 0 Å². The average Bonchev–Trinajstić information content (AvgIpc) is 3.22. The van der Waals surface area contributed by atoms with Gasteiger partial charge in [-0.15, -0.1) is 0 Å². The zero-order chi connectivity index (χ0) is 22.0. The summed E-state index contributed by atoms with van der Waals surface area (Å²) in [6.07, 6.45) is -0.278. The number of rotatable bonds is 5. The number of methoxy groups -OCH3 is 1. The quantitative estimate of drug-likeness (QED) is 0.372. The molecular weight excluding hydrogens is 499 g/mol. The Balaban J connectivity index is 1.77. The minimum Gasteiger partial charge on any atom is -0.367 e.